The molecule has 0 fully saturated rings. The lowest BCUT2D eigenvalue weighted by atomic mass is 9.75. The molecule has 1 atom stereocenters. The molecule has 0 aliphatic heterocycles. The number of carbonyl (C=O) groups excluding carboxylic acids is 2. The van der Waals surface area contributed by atoms with E-state index >= 15 is 0 Å². The third-order valence-electron chi connectivity index (χ3n) is 4.92. The maximum absolute atomic E-state index is 13.5. The minimum Gasteiger partial charge on any atom is -0.467 e. The van der Waals surface area contributed by atoms with Gasteiger partial charge in [0, 0.05) is 12.6 Å². The minimum absolute atomic E-state index is 0.0984. The lowest BCUT2D eigenvalue weighted by Gasteiger charge is -2.25. The molecule has 1 aromatic carbocycles. The molecule has 0 saturated carbocycles. The number of carbonyl (C=O) groups is 2. The number of Topliss-reactive ketones (excluding diaryl/α,β-unsaturated/α-hetero) is 1. The highest BCUT2D eigenvalue weighted by atomic mass is 16.5. The van der Waals surface area contributed by atoms with Crippen LogP contribution in [0.1, 0.15) is 53.6 Å². The second-order valence-electron chi connectivity index (χ2n) is 7.69. The summed E-state index contributed by atoms with van der Waals surface area (Å²) in [5.41, 5.74) is 0.656. The van der Waals surface area contributed by atoms with Crippen LogP contribution in [-0.4, -0.2) is 28.6 Å². The maximum Gasteiger partial charge on any atom is 0.339 e. The number of rotatable bonds is 4. The van der Waals surface area contributed by atoms with Gasteiger partial charge in [-0.25, -0.2) is 4.79 Å². The Morgan fingerprint density at radius 1 is 1.11 bits per heavy atom. The molecule has 0 bridgehead atoms. The number of hydrogen-bond acceptors (Lipinski definition) is 5. The Bertz CT molecular complexity index is 927. The average molecular weight is 367 g/mol. The zero-order valence-corrected chi connectivity index (χ0v) is 16.9. The number of ketones is 1. The quantitative estimate of drug-likeness (QED) is 0.471. The summed E-state index contributed by atoms with van der Waals surface area (Å²) in [6.45, 7) is 9.71. The fourth-order valence-corrected chi connectivity index (χ4v) is 3.13. The van der Waals surface area contributed by atoms with E-state index in [2.05, 4.69) is 25.9 Å². The molecule has 2 rings (SSSR count). The highest BCUT2D eigenvalue weighted by Crippen LogP contribution is 2.33. The molecule has 0 aliphatic carbocycles. The Balaban J connectivity index is 2.72. The molecular formula is C21H25N3O3. The third kappa shape index (κ3) is 3.25. The van der Waals surface area contributed by atoms with Crippen LogP contribution < -0.4 is 0 Å². The van der Waals surface area contributed by atoms with E-state index in [1.165, 1.54) is 11.8 Å². The summed E-state index contributed by atoms with van der Waals surface area (Å²) >= 11 is 0. The van der Waals surface area contributed by atoms with Gasteiger partial charge in [0.05, 0.1) is 18.9 Å². The largest absolute Gasteiger partial charge is 0.467 e. The van der Waals surface area contributed by atoms with Crippen molar-refractivity contribution in [3.8, 4) is 6.07 Å². The Labute approximate surface area is 159 Å². The molecule has 142 valence electrons. The van der Waals surface area contributed by atoms with Crippen LogP contribution in [-0.2, 0) is 27.4 Å². The summed E-state index contributed by atoms with van der Waals surface area (Å²) in [6, 6.07) is 8.90. The van der Waals surface area contributed by atoms with Gasteiger partial charge in [0.1, 0.15) is 5.69 Å². The number of methoxy groups -OCH3 is 1. The van der Waals surface area contributed by atoms with Crippen LogP contribution in [0.2, 0.25) is 0 Å². The van der Waals surface area contributed by atoms with Gasteiger partial charge in [0.25, 0.3) is 0 Å². The molecule has 0 amide bonds. The number of hydrogen-bond donors (Lipinski definition) is 0. The first-order chi connectivity index (χ1) is 12.5. The molecule has 0 spiro atoms. The van der Waals surface area contributed by atoms with Crippen LogP contribution in [0.4, 0.5) is 0 Å². The number of nitriles is 1. The number of benzene rings is 1. The van der Waals surface area contributed by atoms with Crippen molar-refractivity contribution in [2.45, 2.75) is 45.4 Å². The van der Waals surface area contributed by atoms with E-state index in [1.54, 1.807) is 33.0 Å². The van der Waals surface area contributed by atoms with Gasteiger partial charge in [-0.2, -0.15) is 10.4 Å². The number of aryl methyl sites for hydroxylation is 2. The Kier molecular flexibility index (Phi) is 5.28. The summed E-state index contributed by atoms with van der Waals surface area (Å²) in [5.74, 6) is -1.54. The topological polar surface area (TPSA) is 85.0 Å². The first kappa shape index (κ1) is 20.4. The predicted octanol–water partition coefficient (Wildman–Crippen LogP) is 3.15. The summed E-state index contributed by atoms with van der Waals surface area (Å²) in [4.78, 5) is 26.1. The molecule has 0 saturated heterocycles. The number of nitrogens with zero attached hydrogens (tertiary/aromatic N) is 3. The van der Waals surface area contributed by atoms with Crippen LogP contribution in [0.25, 0.3) is 0 Å². The molecule has 2 aromatic rings. The predicted molar refractivity (Wildman–Crippen MR) is 101 cm³/mol. The van der Waals surface area contributed by atoms with Gasteiger partial charge in [-0.3, -0.25) is 9.48 Å². The molecule has 0 aliphatic rings. The number of ether oxygens (including phenoxy) is 1. The third-order valence-corrected chi connectivity index (χ3v) is 4.92. The van der Waals surface area contributed by atoms with Gasteiger partial charge in [-0.1, -0.05) is 45.0 Å². The Morgan fingerprint density at radius 3 is 2.00 bits per heavy atom. The van der Waals surface area contributed by atoms with Crippen molar-refractivity contribution < 1.29 is 14.3 Å². The standard InChI is InChI=1S/C21H25N3O3/c1-13-14(2)23-24(6)17(13)18(25)21(12-22,19(26)27-7)16-10-8-15(9-11-16)20(3,4)5/h8-11H,1-7H3. The molecule has 27 heavy (non-hydrogen) atoms. The lowest BCUT2D eigenvalue weighted by molar-refractivity contribution is -0.143. The first-order valence-corrected chi connectivity index (χ1v) is 8.66. The molecule has 1 aromatic heterocycles. The highest BCUT2D eigenvalue weighted by Gasteiger charge is 2.51. The monoisotopic (exact) mass is 367 g/mol. The van der Waals surface area contributed by atoms with Gasteiger partial charge < -0.3 is 4.74 Å². The average Bonchev–Trinajstić information content (AvgIpc) is 2.87. The van der Waals surface area contributed by atoms with Crippen LogP contribution >= 0.6 is 0 Å². The van der Waals surface area contributed by atoms with Crippen LogP contribution in [0, 0.1) is 25.2 Å². The van der Waals surface area contributed by atoms with E-state index in [0.717, 1.165) is 5.56 Å². The maximum atomic E-state index is 13.5. The van der Waals surface area contributed by atoms with Gasteiger partial charge >= 0.3 is 5.97 Å². The SMILES string of the molecule is COC(=O)C(C#N)(C(=O)c1c(C)c(C)nn1C)c1ccc(C(C)(C)C)cc1. The van der Waals surface area contributed by atoms with Crippen molar-refractivity contribution in [3.05, 3.63) is 52.3 Å². The van der Waals surface area contributed by atoms with Gasteiger partial charge in [-0.15, -0.1) is 0 Å². The van der Waals surface area contributed by atoms with Crippen molar-refractivity contribution in [2.75, 3.05) is 7.11 Å². The van der Waals surface area contributed by atoms with Crippen molar-refractivity contribution in [2.24, 2.45) is 7.05 Å². The van der Waals surface area contributed by atoms with E-state index in [1.807, 2.05) is 18.2 Å². The molecule has 0 N–H and O–H groups in total. The summed E-state index contributed by atoms with van der Waals surface area (Å²) < 4.78 is 6.28. The second kappa shape index (κ2) is 6.99. The van der Waals surface area contributed by atoms with Crippen molar-refractivity contribution in [1.82, 2.24) is 9.78 Å². The zero-order chi connectivity index (χ0) is 20.6. The molecule has 6 nitrogen and oxygen atoms in total. The second-order valence-corrected chi connectivity index (χ2v) is 7.69. The van der Waals surface area contributed by atoms with E-state index in [9.17, 15) is 14.9 Å². The molecule has 0 radical (unpaired) electrons. The van der Waals surface area contributed by atoms with E-state index in [4.69, 9.17) is 4.74 Å². The van der Waals surface area contributed by atoms with Crippen LogP contribution in [0.15, 0.2) is 24.3 Å². The fraction of sp³-hybridized carbons (Fsp3) is 0.429. The number of aromatic nitrogens is 2. The Hall–Kier alpha value is -2.94. The summed E-state index contributed by atoms with van der Waals surface area (Å²) in [6.07, 6.45) is 0. The zero-order valence-electron chi connectivity index (χ0n) is 16.9. The van der Waals surface area contributed by atoms with Gasteiger partial charge in [-0.05, 0) is 30.4 Å². The minimum atomic E-state index is -2.09. The highest BCUT2D eigenvalue weighted by molar-refractivity contribution is 6.19. The van der Waals surface area contributed by atoms with E-state index in [0.29, 0.717) is 11.3 Å². The van der Waals surface area contributed by atoms with Crippen LogP contribution in [0.5, 0.6) is 0 Å². The molecule has 1 unspecified atom stereocenters. The smallest absolute Gasteiger partial charge is 0.339 e. The summed E-state index contributed by atoms with van der Waals surface area (Å²) in [5, 5.41) is 14.2. The lowest BCUT2D eigenvalue weighted by Crippen LogP contribution is -2.44. The van der Waals surface area contributed by atoms with Crippen molar-refractivity contribution in [1.29, 1.82) is 5.26 Å². The number of esters is 1. The van der Waals surface area contributed by atoms with Crippen molar-refractivity contribution in [3.63, 3.8) is 0 Å². The van der Waals surface area contributed by atoms with E-state index < -0.39 is 17.2 Å². The van der Waals surface area contributed by atoms with Crippen LogP contribution in [0.3, 0.4) is 0 Å². The normalized spacial score (nSPS) is 13.6. The van der Waals surface area contributed by atoms with Gasteiger partial charge in [0.2, 0.25) is 11.2 Å². The first-order valence-electron chi connectivity index (χ1n) is 8.66. The van der Waals surface area contributed by atoms with E-state index in [-0.39, 0.29) is 16.7 Å². The van der Waals surface area contributed by atoms with Crippen molar-refractivity contribution >= 4 is 11.8 Å². The summed E-state index contributed by atoms with van der Waals surface area (Å²) in [7, 11) is 2.79. The molecular weight excluding hydrogens is 342 g/mol. The fourth-order valence-electron chi connectivity index (χ4n) is 3.13. The van der Waals surface area contributed by atoms with Gasteiger partial charge in [0.15, 0.2) is 0 Å². The molecule has 1 heterocycles. The Morgan fingerprint density at radius 2 is 1.63 bits per heavy atom. The molecule has 6 heteroatoms.